The van der Waals surface area contributed by atoms with Gasteiger partial charge in [-0.15, -0.1) is 0 Å². The summed E-state index contributed by atoms with van der Waals surface area (Å²) in [5.74, 6) is 0.616. The van der Waals surface area contributed by atoms with Crippen LogP contribution in [0.15, 0.2) is 30.3 Å². The van der Waals surface area contributed by atoms with E-state index < -0.39 is 0 Å². The highest BCUT2D eigenvalue weighted by Gasteiger charge is 2.71. The van der Waals surface area contributed by atoms with Crippen molar-refractivity contribution in [2.45, 2.75) is 44.3 Å². The van der Waals surface area contributed by atoms with Crippen LogP contribution >= 0.6 is 0 Å². The molecule has 1 saturated carbocycles. The van der Waals surface area contributed by atoms with E-state index in [0.717, 1.165) is 19.4 Å². The van der Waals surface area contributed by atoms with Crippen molar-refractivity contribution in [3.8, 4) is 0 Å². The summed E-state index contributed by atoms with van der Waals surface area (Å²) >= 11 is 0. The van der Waals surface area contributed by atoms with Gasteiger partial charge >= 0.3 is 5.97 Å². The molecule has 0 amide bonds. The first kappa shape index (κ1) is 12.4. The molecule has 1 aromatic carbocycles. The quantitative estimate of drug-likeness (QED) is 0.791. The van der Waals surface area contributed by atoms with E-state index in [2.05, 4.69) is 35.2 Å². The van der Waals surface area contributed by atoms with E-state index in [9.17, 15) is 4.79 Å². The van der Waals surface area contributed by atoms with Crippen LogP contribution in [0.3, 0.4) is 0 Å². The van der Waals surface area contributed by atoms with Gasteiger partial charge in [-0.2, -0.15) is 0 Å². The SMILES string of the molecule is COC(=O)C12CC1C[C@@H]1CCC2N1Cc1ccccc1. The summed E-state index contributed by atoms with van der Waals surface area (Å²) in [4.78, 5) is 14.8. The van der Waals surface area contributed by atoms with Gasteiger partial charge in [-0.1, -0.05) is 30.3 Å². The van der Waals surface area contributed by atoms with Crippen LogP contribution in [0.5, 0.6) is 0 Å². The van der Waals surface area contributed by atoms with Gasteiger partial charge in [0, 0.05) is 18.6 Å². The summed E-state index contributed by atoms with van der Waals surface area (Å²) in [6.07, 6.45) is 4.63. The number of ether oxygens (including phenoxy) is 1. The molecule has 3 fully saturated rings. The predicted molar refractivity (Wildman–Crippen MR) is 76.0 cm³/mol. The molecule has 0 spiro atoms. The summed E-state index contributed by atoms with van der Waals surface area (Å²) < 4.78 is 5.12. The van der Waals surface area contributed by atoms with Gasteiger partial charge in [-0.25, -0.2) is 0 Å². The lowest BCUT2D eigenvalue weighted by Gasteiger charge is -2.39. The molecule has 4 atom stereocenters. The van der Waals surface area contributed by atoms with Gasteiger partial charge in [-0.3, -0.25) is 9.69 Å². The van der Waals surface area contributed by atoms with Crippen molar-refractivity contribution < 1.29 is 9.53 Å². The van der Waals surface area contributed by atoms with Crippen molar-refractivity contribution in [1.29, 1.82) is 0 Å². The van der Waals surface area contributed by atoms with E-state index in [0.29, 0.717) is 18.0 Å². The number of rotatable bonds is 3. The smallest absolute Gasteiger partial charge is 0.313 e. The number of hydrogen-bond acceptors (Lipinski definition) is 3. The minimum absolute atomic E-state index is 0.0333. The van der Waals surface area contributed by atoms with Gasteiger partial charge < -0.3 is 4.74 Å². The van der Waals surface area contributed by atoms with E-state index >= 15 is 0 Å². The van der Waals surface area contributed by atoms with Gasteiger partial charge in [0.05, 0.1) is 12.5 Å². The van der Waals surface area contributed by atoms with Crippen molar-refractivity contribution in [1.82, 2.24) is 4.90 Å². The third-order valence-corrected chi connectivity index (χ3v) is 5.72. The molecule has 0 N–H and O–H groups in total. The lowest BCUT2D eigenvalue weighted by molar-refractivity contribution is -0.152. The molecule has 3 unspecified atom stereocenters. The highest BCUT2D eigenvalue weighted by Crippen LogP contribution is 2.66. The van der Waals surface area contributed by atoms with Crippen LogP contribution in [-0.4, -0.2) is 30.1 Å². The summed E-state index contributed by atoms with van der Waals surface area (Å²) in [6.45, 7) is 0.974. The van der Waals surface area contributed by atoms with Crippen LogP contribution in [0.2, 0.25) is 0 Å². The maximum Gasteiger partial charge on any atom is 0.313 e. The Morgan fingerprint density at radius 1 is 1.35 bits per heavy atom. The first-order valence-electron chi connectivity index (χ1n) is 7.64. The standard InChI is InChI=1S/C17H21NO2/c1-20-16(19)17-10-13(17)9-14-7-8-15(17)18(14)11-12-5-3-2-4-6-12/h2-6,13-15H,7-11H2,1H3/t13?,14-,15?,17?/m0/s1. The first-order chi connectivity index (χ1) is 9.75. The number of carbonyl (C=O) groups is 1. The highest BCUT2D eigenvalue weighted by atomic mass is 16.5. The summed E-state index contributed by atoms with van der Waals surface area (Å²) in [7, 11) is 1.54. The molecular formula is C17H21NO2. The van der Waals surface area contributed by atoms with Crippen molar-refractivity contribution in [2.75, 3.05) is 7.11 Å². The van der Waals surface area contributed by atoms with Gasteiger partial charge in [0.2, 0.25) is 0 Å². The molecule has 2 saturated heterocycles. The number of hydrogen-bond donors (Lipinski definition) is 0. The molecule has 0 radical (unpaired) electrons. The van der Waals surface area contributed by atoms with E-state index in [-0.39, 0.29) is 11.4 Å². The molecule has 1 aromatic rings. The van der Waals surface area contributed by atoms with Gasteiger partial charge in [0.1, 0.15) is 0 Å². The molecule has 0 aromatic heterocycles. The van der Waals surface area contributed by atoms with Crippen LogP contribution in [0.25, 0.3) is 0 Å². The van der Waals surface area contributed by atoms with E-state index in [1.807, 2.05) is 0 Å². The van der Waals surface area contributed by atoms with Crippen LogP contribution in [-0.2, 0) is 16.1 Å². The number of carbonyl (C=O) groups excluding carboxylic acids is 1. The predicted octanol–water partition coefficient (Wildman–Crippen LogP) is 2.60. The number of nitrogens with zero attached hydrogens (tertiary/aromatic N) is 1. The number of benzene rings is 1. The average Bonchev–Trinajstić information content (AvgIpc) is 3.12. The number of piperidine rings is 1. The largest absolute Gasteiger partial charge is 0.469 e. The second kappa shape index (κ2) is 4.32. The van der Waals surface area contributed by atoms with Crippen LogP contribution < -0.4 is 0 Å². The van der Waals surface area contributed by atoms with Gasteiger partial charge in [0.25, 0.3) is 0 Å². The molecule has 3 aliphatic rings. The number of fused-ring (bicyclic) bond motifs is 4. The zero-order chi connectivity index (χ0) is 13.7. The minimum Gasteiger partial charge on any atom is -0.469 e. The Kier molecular flexibility index (Phi) is 2.68. The Bertz CT molecular complexity index is 529. The van der Waals surface area contributed by atoms with E-state index in [1.54, 1.807) is 0 Å². The monoisotopic (exact) mass is 271 g/mol. The van der Waals surface area contributed by atoms with Crippen LogP contribution in [0.1, 0.15) is 31.2 Å². The molecule has 2 aliphatic heterocycles. The average molecular weight is 271 g/mol. The molecular weight excluding hydrogens is 250 g/mol. The fourth-order valence-electron chi connectivity index (χ4n) is 4.73. The maximum atomic E-state index is 12.3. The Balaban J connectivity index is 1.60. The lowest BCUT2D eigenvalue weighted by atomic mass is 9.88. The topological polar surface area (TPSA) is 29.5 Å². The summed E-state index contributed by atoms with van der Waals surface area (Å²) in [5, 5.41) is 0. The molecule has 3 nitrogen and oxygen atoms in total. The van der Waals surface area contributed by atoms with Crippen molar-refractivity contribution in [2.24, 2.45) is 11.3 Å². The third kappa shape index (κ3) is 1.59. The number of methoxy groups -OCH3 is 1. The van der Waals surface area contributed by atoms with Gasteiger partial charge in [-0.05, 0) is 37.2 Å². The molecule has 3 heteroatoms. The Morgan fingerprint density at radius 3 is 2.90 bits per heavy atom. The van der Waals surface area contributed by atoms with Crippen molar-refractivity contribution >= 4 is 5.97 Å². The zero-order valence-electron chi connectivity index (χ0n) is 11.9. The fourth-order valence-corrected chi connectivity index (χ4v) is 4.73. The molecule has 1 aliphatic carbocycles. The fraction of sp³-hybridized carbons (Fsp3) is 0.588. The van der Waals surface area contributed by atoms with E-state index in [1.165, 1.54) is 25.5 Å². The molecule has 20 heavy (non-hydrogen) atoms. The minimum atomic E-state index is -0.170. The lowest BCUT2D eigenvalue weighted by Crippen LogP contribution is -2.48. The maximum absolute atomic E-state index is 12.3. The third-order valence-electron chi connectivity index (χ3n) is 5.72. The van der Waals surface area contributed by atoms with Gasteiger partial charge in [0.15, 0.2) is 0 Å². The van der Waals surface area contributed by atoms with E-state index in [4.69, 9.17) is 4.74 Å². The van der Waals surface area contributed by atoms with Crippen molar-refractivity contribution in [3.05, 3.63) is 35.9 Å². The normalized spacial score (nSPS) is 38.4. The van der Waals surface area contributed by atoms with Crippen molar-refractivity contribution in [3.63, 3.8) is 0 Å². The summed E-state index contributed by atoms with van der Waals surface area (Å²) in [5.41, 5.74) is 1.18. The second-order valence-corrected chi connectivity index (χ2v) is 6.57. The number of esters is 1. The molecule has 2 heterocycles. The zero-order valence-corrected chi connectivity index (χ0v) is 11.9. The molecule has 4 rings (SSSR count). The first-order valence-corrected chi connectivity index (χ1v) is 7.64. The Hall–Kier alpha value is -1.35. The van der Waals surface area contributed by atoms with Crippen LogP contribution in [0.4, 0.5) is 0 Å². The molecule has 2 bridgehead atoms. The summed E-state index contributed by atoms with van der Waals surface area (Å²) in [6, 6.07) is 11.7. The highest BCUT2D eigenvalue weighted by molar-refractivity contribution is 5.82. The Labute approximate surface area is 119 Å². The second-order valence-electron chi connectivity index (χ2n) is 6.57. The molecule has 106 valence electrons. The van der Waals surface area contributed by atoms with Crippen LogP contribution in [0, 0.1) is 11.3 Å². The Morgan fingerprint density at radius 2 is 2.15 bits per heavy atom.